The molecule has 112 valence electrons. The number of para-hydroxylation sites is 1. The molecule has 0 radical (unpaired) electrons. The van der Waals surface area contributed by atoms with E-state index < -0.39 is 0 Å². The molecular formula is C14H16ClFN4O. The standard InChI is InChI=1S/C14H15FN4O.ClH/c15-11-3-1-2-4-13(11)19-8-5-12(17-19)14(20)18-9-6-16-7-10-18;/h1-5,8,16H,6-7,9-10H2;1H. The summed E-state index contributed by atoms with van der Waals surface area (Å²) in [6.45, 7) is 2.93. The lowest BCUT2D eigenvalue weighted by molar-refractivity contribution is 0.0729. The average molecular weight is 311 g/mol. The maximum absolute atomic E-state index is 13.7. The molecule has 1 fully saturated rings. The van der Waals surface area contributed by atoms with E-state index in [9.17, 15) is 9.18 Å². The van der Waals surface area contributed by atoms with E-state index in [0.717, 1.165) is 13.1 Å². The topological polar surface area (TPSA) is 50.2 Å². The number of hydrogen-bond acceptors (Lipinski definition) is 3. The quantitative estimate of drug-likeness (QED) is 0.914. The van der Waals surface area contributed by atoms with Gasteiger partial charge in [-0.3, -0.25) is 4.79 Å². The van der Waals surface area contributed by atoms with E-state index in [1.54, 1.807) is 35.4 Å². The van der Waals surface area contributed by atoms with Gasteiger partial charge in [-0.2, -0.15) is 5.10 Å². The van der Waals surface area contributed by atoms with Crippen molar-refractivity contribution in [3.63, 3.8) is 0 Å². The summed E-state index contributed by atoms with van der Waals surface area (Å²) in [5, 5.41) is 7.37. The second-order valence-electron chi connectivity index (χ2n) is 4.64. The normalized spacial score (nSPS) is 14.6. The zero-order valence-corrected chi connectivity index (χ0v) is 12.1. The Bertz CT molecular complexity index is 625. The van der Waals surface area contributed by atoms with Crippen molar-refractivity contribution >= 4 is 18.3 Å². The van der Waals surface area contributed by atoms with Crippen molar-refractivity contribution in [3.8, 4) is 5.69 Å². The summed E-state index contributed by atoms with van der Waals surface area (Å²) in [6.07, 6.45) is 1.61. The Hall–Kier alpha value is -1.92. The fraction of sp³-hybridized carbons (Fsp3) is 0.286. The van der Waals surface area contributed by atoms with Gasteiger partial charge in [0.2, 0.25) is 0 Å². The summed E-state index contributed by atoms with van der Waals surface area (Å²) in [5.74, 6) is -0.474. The van der Waals surface area contributed by atoms with Crippen LogP contribution >= 0.6 is 12.4 Å². The Morgan fingerprint density at radius 3 is 2.62 bits per heavy atom. The highest BCUT2D eigenvalue weighted by molar-refractivity contribution is 5.92. The van der Waals surface area contributed by atoms with Gasteiger partial charge < -0.3 is 10.2 Å². The smallest absolute Gasteiger partial charge is 0.274 e. The van der Waals surface area contributed by atoms with Gasteiger partial charge >= 0.3 is 0 Å². The van der Waals surface area contributed by atoms with Gasteiger partial charge in [0.25, 0.3) is 5.91 Å². The summed E-state index contributed by atoms with van der Waals surface area (Å²) in [4.78, 5) is 14.0. The number of rotatable bonds is 2. The van der Waals surface area contributed by atoms with E-state index in [-0.39, 0.29) is 24.1 Å². The molecule has 1 aromatic heterocycles. The number of amides is 1. The summed E-state index contributed by atoms with van der Waals surface area (Å²) < 4.78 is 15.1. The van der Waals surface area contributed by atoms with E-state index in [4.69, 9.17) is 0 Å². The number of nitrogens with zero attached hydrogens (tertiary/aromatic N) is 3. The van der Waals surface area contributed by atoms with Gasteiger partial charge in [-0.1, -0.05) is 12.1 Å². The summed E-state index contributed by atoms with van der Waals surface area (Å²) in [6, 6.07) is 7.97. The van der Waals surface area contributed by atoms with Crippen LogP contribution in [0, 0.1) is 5.82 Å². The van der Waals surface area contributed by atoms with Gasteiger partial charge in [-0.25, -0.2) is 9.07 Å². The van der Waals surface area contributed by atoms with Crippen molar-refractivity contribution in [1.82, 2.24) is 20.0 Å². The van der Waals surface area contributed by atoms with Crippen LogP contribution in [0.15, 0.2) is 36.5 Å². The molecule has 21 heavy (non-hydrogen) atoms. The third-order valence-electron chi connectivity index (χ3n) is 3.31. The minimum absolute atomic E-state index is 0. The molecule has 1 amide bonds. The van der Waals surface area contributed by atoms with Crippen LogP contribution in [0.3, 0.4) is 0 Å². The van der Waals surface area contributed by atoms with E-state index in [2.05, 4.69) is 10.4 Å². The second-order valence-corrected chi connectivity index (χ2v) is 4.64. The number of piperazine rings is 1. The molecule has 5 nitrogen and oxygen atoms in total. The number of aromatic nitrogens is 2. The largest absolute Gasteiger partial charge is 0.335 e. The minimum Gasteiger partial charge on any atom is -0.335 e. The Labute approximate surface area is 128 Å². The van der Waals surface area contributed by atoms with E-state index in [0.29, 0.717) is 24.5 Å². The molecule has 0 saturated carbocycles. The number of nitrogens with one attached hydrogen (secondary N) is 1. The van der Waals surface area contributed by atoms with Crippen molar-refractivity contribution in [2.45, 2.75) is 0 Å². The summed E-state index contributed by atoms with van der Waals surface area (Å²) in [5.41, 5.74) is 0.682. The zero-order valence-electron chi connectivity index (χ0n) is 11.3. The molecule has 3 rings (SSSR count). The summed E-state index contributed by atoms with van der Waals surface area (Å²) in [7, 11) is 0. The van der Waals surface area contributed by atoms with Crippen LogP contribution in [0.25, 0.3) is 5.69 Å². The van der Waals surface area contributed by atoms with Crippen molar-refractivity contribution in [2.75, 3.05) is 26.2 Å². The highest BCUT2D eigenvalue weighted by Crippen LogP contribution is 2.13. The van der Waals surface area contributed by atoms with Gasteiger partial charge in [0.05, 0.1) is 0 Å². The third-order valence-corrected chi connectivity index (χ3v) is 3.31. The number of halogens is 2. The molecule has 7 heteroatoms. The molecule has 1 aliphatic rings. The van der Waals surface area contributed by atoms with Crippen molar-refractivity contribution < 1.29 is 9.18 Å². The molecule has 0 atom stereocenters. The van der Waals surface area contributed by atoms with E-state index >= 15 is 0 Å². The van der Waals surface area contributed by atoms with Crippen LogP contribution in [0.1, 0.15) is 10.5 Å². The lowest BCUT2D eigenvalue weighted by atomic mass is 10.3. The van der Waals surface area contributed by atoms with Crippen molar-refractivity contribution in [1.29, 1.82) is 0 Å². The molecule has 0 aliphatic carbocycles. The average Bonchev–Trinajstić information content (AvgIpc) is 2.97. The number of benzene rings is 1. The molecule has 0 bridgehead atoms. The molecule has 0 spiro atoms. The Kier molecular flexibility index (Phi) is 4.93. The van der Waals surface area contributed by atoms with Gasteiger partial charge in [-0.15, -0.1) is 12.4 Å². The Balaban J connectivity index is 0.00000161. The molecule has 1 aliphatic heterocycles. The first-order valence-corrected chi connectivity index (χ1v) is 6.56. The first-order chi connectivity index (χ1) is 9.75. The number of carbonyl (C=O) groups excluding carboxylic acids is 1. The Morgan fingerprint density at radius 1 is 1.19 bits per heavy atom. The van der Waals surface area contributed by atoms with E-state index in [1.807, 2.05) is 0 Å². The maximum atomic E-state index is 13.7. The zero-order chi connectivity index (χ0) is 13.9. The summed E-state index contributed by atoms with van der Waals surface area (Å²) >= 11 is 0. The second kappa shape index (κ2) is 6.69. The molecule has 2 aromatic rings. The van der Waals surface area contributed by atoms with Gasteiger partial charge in [0.15, 0.2) is 5.69 Å². The van der Waals surface area contributed by atoms with Crippen molar-refractivity contribution in [3.05, 3.63) is 48.0 Å². The van der Waals surface area contributed by atoms with E-state index in [1.165, 1.54) is 10.7 Å². The highest BCUT2D eigenvalue weighted by atomic mass is 35.5. The SMILES string of the molecule is Cl.O=C(c1ccn(-c2ccccc2F)n1)N1CCNCC1. The minimum atomic E-state index is -0.364. The molecule has 1 N–H and O–H groups in total. The maximum Gasteiger partial charge on any atom is 0.274 e. The first kappa shape index (κ1) is 15.5. The lowest BCUT2D eigenvalue weighted by Gasteiger charge is -2.26. The molecule has 1 aromatic carbocycles. The van der Waals surface area contributed by atoms with Gasteiger partial charge in [-0.05, 0) is 18.2 Å². The molecule has 2 heterocycles. The lowest BCUT2D eigenvalue weighted by Crippen LogP contribution is -2.46. The van der Waals surface area contributed by atoms with Crippen LogP contribution < -0.4 is 5.32 Å². The highest BCUT2D eigenvalue weighted by Gasteiger charge is 2.20. The fourth-order valence-corrected chi connectivity index (χ4v) is 2.24. The van der Waals surface area contributed by atoms with Gasteiger partial charge in [0, 0.05) is 32.4 Å². The van der Waals surface area contributed by atoms with Crippen LogP contribution in [0.4, 0.5) is 4.39 Å². The number of carbonyl (C=O) groups is 1. The third kappa shape index (κ3) is 3.22. The first-order valence-electron chi connectivity index (χ1n) is 6.56. The molecule has 1 saturated heterocycles. The van der Waals surface area contributed by atoms with Crippen LogP contribution in [-0.2, 0) is 0 Å². The molecular weight excluding hydrogens is 295 g/mol. The monoisotopic (exact) mass is 310 g/mol. The van der Waals surface area contributed by atoms with Crippen LogP contribution in [0.2, 0.25) is 0 Å². The van der Waals surface area contributed by atoms with Crippen LogP contribution in [0.5, 0.6) is 0 Å². The van der Waals surface area contributed by atoms with Crippen LogP contribution in [-0.4, -0.2) is 46.8 Å². The van der Waals surface area contributed by atoms with Gasteiger partial charge in [0.1, 0.15) is 11.5 Å². The molecule has 0 unspecified atom stereocenters. The number of hydrogen-bond donors (Lipinski definition) is 1. The fourth-order valence-electron chi connectivity index (χ4n) is 2.24. The van der Waals surface area contributed by atoms with Crippen molar-refractivity contribution in [2.24, 2.45) is 0 Å². The Morgan fingerprint density at radius 2 is 1.90 bits per heavy atom. The predicted molar refractivity (Wildman–Crippen MR) is 79.5 cm³/mol. The predicted octanol–water partition coefficient (Wildman–Crippen LogP) is 1.48.